The molecule has 0 bridgehead atoms. The lowest BCUT2D eigenvalue weighted by Gasteiger charge is -2.21. The van der Waals surface area contributed by atoms with Gasteiger partial charge in [-0.15, -0.1) is 0 Å². The molecule has 1 amide bonds. The number of aromatic nitrogens is 1. The number of carboxylic acids is 1. The zero-order valence-corrected chi connectivity index (χ0v) is 11.2. The van der Waals surface area contributed by atoms with Gasteiger partial charge in [-0.1, -0.05) is 0 Å². The highest BCUT2D eigenvalue weighted by Gasteiger charge is 2.22. The molecule has 0 aliphatic rings. The molecule has 0 atom stereocenters. The highest BCUT2D eigenvalue weighted by molar-refractivity contribution is 5.94. The van der Waals surface area contributed by atoms with E-state index in [0.29, 0.717) is 6.54 Å². The average Bonchev–Trinajstić information content (AvgIpc) is 2.82. The predicted octanol–water partition coefficient (Wildman–Crippen LogP) is 0.0113. The van der Waals surface area contributed by atoms with Gasteiger partial charge in [0.25, 0.3) is 11.6 Å². The standard InChI is InChI=1S/C11H16N4O5/c1-13(2)3-4-14(7-10(16)17)11(18)9-5-8(6-12-9)15(19)20/h5-6,12H,3-4,7H2,1-2H3,(H,16,17). The molecule has 0 aromatic carbocycles. The number of rotatable bonds is 7. The van der Waals surface area contributed by atoms with Crippen molar-refractivity contribution in [3.8, 4) is 0 Å². The lowest BCUT2D eigenvalue weighted by Crippen LogP contribution is -2.40. The van der Waals surface area contributed by atoms with E-state index in [9.17, 15) is 19.7 Å². The van der Waals surface area contributed by atoms with Crippen LogP contribution in [0.5, 0.6) is 0 Å². The Morgan fingerprint density at radius 2 is 2.05 bits per heavy atom. The number of amides is 1. The number of H-pyrrole nitrogens is 1. The number of carboxylic acid groups (broad SMARTS) is 1. The van der Waals surface area contributed by atoms with E-state index in [2.05, 4.69) is 4.98 Å². The van der Waals surface area contributed by atoms with E-state index in [1.165, 1.54) is 0 Å². The second-order valence-electron chi connectivity index (χ2n) is 4.45. The van der Waals surface area contributed by atoms with Gasteiger partial charge in [-0.3, -0.25) is 19.7 Å². The first kappa shape index (κ1) is 15.6. The molecular formula is C11H16N4O5. The van der Waals surface area contributed by atoms with E-state index in [0.717, 1.165) is 17.2 Å². The maximum atomic E-state index is 12.1. The van der Waals surface area contributed by atoms with Crippen molar-refractivity contribution < 1.29 is 19.6 Å². The summed E-state index contributed by atoms with van der Waals surface area (Å²) in [5.41, 5.74) is -0.243. The summed E-state index contributed by atoms with van der Waals surface area (Å²) in [4.78, 5) is 38.2. The topological polar surface area (TPSA) is 120 Å². The summed E-state index contributed by atoms with van der Waals surface area (Å²) in [5.74, 6) is -1.72. The average molecular weight is 284 g/mol. The van der Waals surface area contributed by atoms with Crippen LogP contribution in [0.25, 0.3) is 0 Å². The molecule has 110 valence electrons. The largest absolute Gasteiger partial charge is 0.480 e. The summed E-state index contributed by atoms with van der Waals surface area (Å²) in [6.07, 6.45) is 1.10. The van der Waals surface area contributed by atoms with Gasteiger partial charge >= 0.3 is 5.97 Å². The number of aliphatic carboxylic acids is 1. The van der Waals surface area contributed by atoms with Gasteiger partial charge in [0.1, 0.15) is 12.2 Å². The molecule has 9 heteroatoms. The van der Waals surface area contributed by atoms with Gasteiger partial charge in [0.2, 0.25) is 0 Å². The van der Waals surface area contributed by atoms with Gasteiger partial charge in [0, 0.05) is 19.2 Å². The van der Waals surface area contributed by atoms with Gasteiger partial charge < -0.3 is 19.9 Å². The maximum Gasteiger partial charge on any atom is 0.323 e. The lowest BCUT2D eigenvalue weighted by atomic mass is 10.3. The van der Waals surface area contributed by atoms with Crippen LogP contribution in [0.4, 0.5) is 5.69 Å². The summed E-state index contributed by atoms with van der Waals surface area (Å²) >= 11 is 0. The Bertz CT molecular complexity index is 511. The molecule has 0 unspecified atom stereocenters. The minimum Gasteiger partial charge on any atom is -0.480 e. The molecule has 1 aromatic heterocycles. The fourth-order valence-electron chi connectivity index (χ4n) is 1.52. The third-order valence-corrected chi connectivity index (χ3v) is 2.54. The Balaban J connectivity index is 2.84. The molecule has 20 heavy (non-hydrogen) atoms. The minimum atomic E-state index is -1.14. The van der Waals surface area contributed by atoms with E-state index >= 15 is 0 Å². The SMILES string of the molecule is CN(C)CCN(CC(=O)O)C(=O)c1cc([N+](=O)[O-])c[nH]1. The molecule has 1 heterocycles. The van der Waals surface area contributed by atoms with Crippen LogP contribution in [-0.4, -0.2) is 70.4 Å². The van der Waals surface area contributed by atoms with Crippen LogP contribution in [0.1, 0.15) is 10.5 Å². The highest BCUT2D eigenvalue weighted by Crippen LogP contribution is 2.13. The molecule has 1 rings (SSSR count). The van der Waals surface area contributed by atoms with Crippen molar-refractivity contribution in [2.45, 2.75) is 0 Å². The number of nitrogens with zero attached hydrogens (tertiary/aromatic N) is 3. The fraction of sp³-hybridized carbons (Fsp3) is 0.455. The van der Waals surface area contributed by atoms with Crippen molar-refractivity contribution in [3.05, 3.63) is 28.1 Å². The number of nitro groups is 1. The van der Waals surface area contributed by atoms with Crippen molar-refractivity contribution in [3.63, 3.8) is 0 Å². The van der Waals surface area contributed by atoms with Crippen molar-refractivity contribution in [1.82, 2.24) is 14.8 Å². The Kier molecular flexibility index (Phi) is 5.21. The van der Waals surface area contributed by atoms with E-state index in [4.69, 9.17) is 5.11 Å². The minimum absolute atomic E-state index is 0.00305. The van der Waals surface area contributed by atoms with Gasteiger partial charge in [0.05, 0.1) is 11.1 Å². The van der Waals surface area contributed by atoms with E-state index in [-0.39, 0.29) is 17.9 Å². The molecule has 0 radical (unpaired) electrons. The maximum absolute atomic E-state index is 12.1. The lowest BCUT2D eigenvalue weighted by molar-refractivity contribution is -0.384. The fourth-order valence-corrected chi connectivity index (χ4v) is 1.52. The highest BCUT2D eigenvalue weighted by atomic mass is 16.6. The Labute approximate surface area is 114 Å². The number of hydrogen-bond acceptors (Lipinski definition) is 5. The Morgan fingerprint density at radius 1 is 1.40 bits per heavy atom. The summed E-state index contributed by atoms with van der Waals surface area (Å²) < 4.78 is 0. The van der Waals surface area contributed by atoms with Crippen molar-refractivity contribution in [2.24, 2.45) is 0 Å². The summed E-state index contributed by atoms with van der Waals surface area (Å²) in [6, 6.07) is 1.09. The van der Waals surface area contributed by atoms with Gasteiger partial charge in [-0.2, -0.15) is 0 Å². The second kappa shape index (κ2) is 6.66. The second-order valence-corrected chi connectivity index (χ2v) is 4.45. The Morgan fingerprint density at radius 3 is 2.50 bits per heavy atom. The molecular weight excluding hydrogens is 268 g/mol. The summed E-state index contributed by atoms with van der Waals surface area (Å²) in [6.45, 7) is 0.242. The first-order valence-corrected chi connectivity index (χ1v) is 5.80. The number of carbonyl (C=O) groups is 2. The number of carbonyl (C=O) groups excluding carboxylic acids is 1. The van der Waals surface area contributed by atoms with Crippen LogP contribution >= 0.6 is 0 Å². The number of nitrogens with one attached hydrogen (secondary N) is 1. The van der Waals surface area contributed by atoms with Crippen LogP contribution < -0.4 is 0 Å². The number of hydrogen-bond donors (Lipinski definition) is 2. The van der Waals surface area contributed by atoms with Gasteiger partial charge in [-0.05, 0) is 14.1 Å². The molecule has 1 aromatic rings. The predicted molar refractivity (Wildman–Crippen MR) is 69.5 cm³/mol. The third kappa shape index (κ3) is 4.35. The molecule has 0 aliphatic heterocycles. The van der Waals surface area contributed by atoms with Gasteiger partial charge in [-0.25, -0.2) is 0 Å². The quantitative estimate of drug-likeness (QED) is 0.537. The van der Waals surface area contributed by atoms with Crippen molar-refractivity contribution >= 4 is 17.6 Å². The normalized spacial score (nSPS) is 10.6. The molecule has 9 nitrogen and oxygen atoms in total. The molecule has 0 saturated heterocycles. The van der Waals surface area contributed by atoms with Crippen molar-refractivity contribution in [2.75, 3.05) is 33.7 Å². The zero-order valence-electron chi connectivity index (χ0n) is 11.2. The van der Waals surface area contributed by atoms with E-state index in [1.807, 2.05) is 0 Å². The van der Waals surface area contributed by atoms with Gasteiger partial charge in [0.15, 0.2) is 0 Å². The molecule has 0 aliphatic carbocycles. The molecule has 0 saturated carbocycles. The third-order valence-electron chi connectivity index (χ3n) is 2.54. The molecule has 2 N–H and O–H groups in total. The van der Waals surface area contributed by atoms with Crippen LogP contribution in [0, 0.1) is 10.1 Å². The number of likely N-dealkylation sites (N-methyl/N-ethyl adjacent to an activating group) is 1. The first-order valence-electron chi connectivity index (χ1n) is 5.80. The monoisotopic (exact) mass is 284 g/mol. The first-order chi connectivity index (χ1) is 9.31. The summed E-state index contributed by atoms with van der Waals surface area (Å²) in [7, 11) is 3.59. The smallest absolute Gasteiger partial charge is 0.323 e. The Hall–Kier alpha value is -2.42. The van der Waals surface area contributed by atoms with Crippen LogP contribution in [0.15, 0.2) is 12.3 Å². The van der Waals surface area contributed by atoms with Crippen molar-refractivity contribution in [1.29, 1.82) is 0 Å². The van der Waals surface area contributed by atoms with E-state index in [1.54, 1.807) is 19.0 Å². The molecule has 0 spiro atoms. The van der Waals surface area contributed by atoms with Crippen LogP contribution in [0.2, 0.25) is 0 Å². The zero-order chi connectivity index (χ0) is 15.3. The summed E-state index contributed by atoms with van der Waals surface area (Å²) in [5, 5.41) is 19.4. The van der Waals surface area contributed by atoms with Crippen LogP contribution in [0.3, 0.4) is 0 Å². The van der Waals surface area contributed by atoms with E-state index < -0.39 is 23.3 Å². The van der Waals surface area contributed by atoms with Crippen LogP contribution in [-0.2, 0) is 4.79 Å². The molecule has 0 fully saturated rings. The number of aromatic amines is 1.